The fourth-order valence-electron chi connectivity index (χ4n) is 8.97. The quantitative estimate of drug-likeness (QED) is 0.183. The second-order valence-electron chi connectivity index (χ2n) is 14.1. The zero-order valence-corrected chi connectivity index (χ0v) is 28.6. The molecule has 12 rings (SSSR count). The summed E-state index contributed by atoms with van der Waals surface area (Å²) in [4.78, 5) is 0. The molecule has 9 aromatic carbocycles. The minimum absolute atomic E-state index is 0.898. The van der Waals surface area contributed by atoms with Crippen molar-refractivity contribution in [2.24, 2.45) is 0 Å². The van der Waals surface area contributed by atoms with E-state index in [1.807, 2.05) is 6.07 Å². The molecule has 0 radical (unpaired) electrons. The molecule has 0 aliphatic heterocycles. The summed E-state index contributed by atoms with van der Waals surface area (Å²) < 4.78 is 11.2. The Balaban J connectivity index is 1.11. The summed E-state index contributed by atoms with van der Waals surface area (Å²) in [7, 11) is 0. The van der Waals surface area contributed by atoms with Crippen LogP contribution in [0.4, 0.5) is 0 Å². The van der Waals surface area contributed by atoms with E-state index in [0.717, 1.165) is 27.6 Å². The first kappa shape index (κ1) is 28.6. The molecule has 3 nitrogen and oxygen atoms in total. The van der Waals surface area contributed by atoms with E-state index in [-0.39, 0.29) is 0 Å². The monoisotopic (exact) mass is 674 g/mol. The molecule has 3 heterocycles. The first-order chi connectivity index (χ1) is 26.3. The van der Waals surface area contributed by atoms with Gasteiger partial charge in [-0.25, -0.2) is 0 Å². The van der Waals surface area contributed by atoms with Gasteiger partial charge in [-0.1, -0.05) is 127 Å². The van der Waals surface area contributed by atoms with Crippen LogP contribution < -0.4 is 0 Å². The van der Waals surface area contributed by atoms with E-state index < -0.39 is 0 Å². The van der Waals surface area contributed by atoms with Gasteiger partial charge in [0, 0.05) is 37.7 Å². The summed E-state index contributed by atoms with van der Waals surface area (Å²) in [5.41, 5.74) is 11.3. The average Bonchev–Trinajstić information content (AvgIpc) is 3.88. The molecule has 12 aromatic rings. The maximum Gasteiger partial charge on any atom is 0.137 e. The minimum Gasteiger partial charge on any atom is -0.456 e. The van der Waals surface area contributed by atoms with Gasteiger partial charge in [0.05, 0.1) is 38.8 Å². The third-order valence-corrected chi connectivity index (χ3v) is 11.3. The highest BCUT2D eigenvalue weighted by Crippen LogP contribution is 2.42. The van der Waals surface area contributed by atoms with Crippen molar-refractivity contribution in [3.05, 3.63) is 182 Å². The topological polar surface area (TPSA) is 23.0 Å². The van der Waals surface area contributed by atoms with Crippen LogP contribution in [0.15, 0.2) is 186 Å². The Morgan fingerprint density at radius 1 is 0.321 bits per heavy atom. The highest BCUT2D eigenvalue weighted by atomic mass is 16.3. The van der Waals surface area contributed by atoms with Gasteiger partial charge in [-0.05, 0) is 76.5 Å². The number of furan rings is 1. The van der Waals surface area contributed by atoms with Gasteiger partial charge in [0.1, 0.15) is 11.2 Å². The lowest BCUT2D eigenvalue weighted by molar-refractivity contribution is 0.669. The summed E-state index contributed by atoms with van der Waals surface area (Å²) in [6, 6.07) is 66.1. The Kier molecular flexibility index (Phi) is 5.77. The van der Waals surface area contributed by atoms with Crippen LogP contribution in [-0.2, 0) is 0 Å². The Labute approximate surface area is 304 Å². The normalized spacial score (nSPS) is 12.2. The number of nitrogens with zero attached hydrogens (tertiary/aromatic N) is 2. The fourth-order valence-corrected chi connectivity index (χ4v) is 8.97. The van der Waals surface area contributed by atoms with Gasteiger partial charge < -0.3 is 13.6 Å². The van der Waals surface area contributed by atoms with Gasteiger partial charge in [0.25, 0.3) is 0 Å². The molecule has 0 aliphatic carbocycles. The number of fused-ring (bicyclic) bond motifs is 12. The van der Waals surface area contributed by atoms with Crippen LogP contribution >= 0.6 is 0 Å². The maximum absolute atomic E-state index is 6.32. The van der Waals surface area contributed by atoms with Gasteiger partial charge in [0.15, 0.2) is 0 Å². The van der Waals surface area contributed by atoms with Gasteiger partial charge in [-0.2, -0.15) is 0 Å². The number of rotatable bonds is 3. The first-order valence-electron chi connectivity index (χ1n) is 18.2. The third-order valence-electron chi connectivity index (χ3n) is 11.3. The molecule has 0 spiro atoms. The molecule has 0 atom stereocenters. The molecule has 0 bridgehead atoms. The number of para-hydroxylation sites is 2. The zero-order chi connectivity index (χ0) is 34.6. The van der Waals surface area contributed by atoms with Gasteiger partial charge >= 0.3 is 0 Å². The van der Waals surface area contributed by atoms with E-state index in [0.29, 0.717) is 0 Å². The van der Waals surface area contributed by atoms with Crippen molar-refractivity contribution in [1.29, 1.82) is 0 Å². The van der Waals surface area contributed by atoms with Crippen LogP contribution in [0, 0.1) is 0 Å². The molecule has 0 saturated heterocycles. The Morgan fingerprint density at radius 2 is 0.887 bits per heavy atom. The van der Waals surface area contributed by atoms with Crippen molar-refractivity contribution in [3.8, 4) is 22.5 Å². The van der Waals surface area contributed by atoms with Crippen molar-refractivity contribution in [1.82, 2.24) is 9.13 Å². The molecule has 0 fully saturated rings. The number of aromatic nitrogens is 2. The van der Waals surface area contributed by atoms with Gasteiger partial charge in [0.2, 0.25) is 0 Å². The zero-order valence-electron chi connectivity index (χ0n) is 28.6. The van der Waals surface area contributed by atoms with Crippen molar-refractivity contribution < 1.29 is 4.42 Å². The summed E-state index contributed by atoms with van der Waals surface area (Å²) in [6.07, 6.45) is 0. The SMILES string of the molecule is c1ccc2c(-n3c4ccc(-c5ccc6c(c5)c5ccccc5n6-c5cccc6oc7ccccc7c56)cc4c4ccc5ccccc5c43)cccc2c1. The average molecular weight is 675 g/mol. The van der Waals surface area contributed by atoms with Crippen LogP contribution in [-0.4, -0.2) is 9.13 Å². The highest BCUT2D eigenvalue weighted by molar-refractivity contribution is 6.20. The molecule has 0 unspecified atom stereocenters. The smallest absolute Gasteiger partial charge is 0.137 e. The van der Waals surface area contributed by atoms with E-state index >= 15 is 0 Å². The van der Waals surface area contributed by atoms with E-state index in [9.17, 15) is 0 Å². The van der Waals surface area contributed by atoms with Crippen molar-refractivity contribution in [2.75, 3.05) is 0 Å². The fraction of sp³-hybridized carbons (Fsp3) is 0. The molecule has 0 saturated carbocycles. The summed E-state index contributed by atoms with van der Waals surface area (Å²) in [5, 5.41) is 12.2. The number of benzene rings is 9. The molecular weight excluding hydrogens is 645 g/mol. The third kappa shape index (κ3) is 3.99. The molecule has 0 N–H and O–H groups in total. The molecule has 246 valence electrons. The molecule has 0 aliphatic rings. The van der Waals surface area contributed by atoms with Crippen LogP contribution in [0.3, 0.4) is 0 Å². The Bertz CT molecular complexity index is 3460. The molecule has 3 heteroatoms. The van der Waals surface area contributed by atoms with Crippen molar-refractivity contribution >= 4 is 87.1 Å². The molecule has 3 aromatic heterocycles. The highest BCUT2D eigenvalue weighted by Gasteiger charge is 2.20. The van der Waals surface area contributed by atoms with Crippen molar-refractivity contribution in [3.63, 3.8) is 0 Å². The first-order valence-corrected chi connectivity index (χ1v) is 18.2. The number of hydrogen-bond donors (Lipinski definition) is 0. The van der Waals surface area contributed by atoms with E-state index in [4.69, 9.17) is 4.42 Å². The van der Waals surface area contributed by atoms with E-state index in [1.165, 1.54) is 82.0 Å². The Morgan fingerprint density at radius 3 is 1.72 bits per heavy atom. The Hall–Kier alpha value is -7.10. The lowest BCUT2D eigenvalue weighted by atomic mass is 10.00. The van der Waals surface area contributed by atoms with Crippen molar-refractivity contribution in [2.45, 2.75) is 0 Å². The second kappa shape index (κ2) is 10.7. The standard InChI is InChI=1S/C50H30N2O/c1-3-14-35-31(11-1)13-9-19-42(35)52-45-28-25-34(30-41(45)38-26-23-32-12-2-4-15-36(32)50(38)52)33-24-27-44-40(29-33)37-16-5-7-18-43(37)51(44)46-20-10-22-48-49(46)39-17-6-8-21-47(39)53-48/h1-30H. The molecule has 0 amide bonds. The predicted molar refractivity (Wildman–Crippen MR) is 223 cm³/mol. The summed E-state index contributed by atoms with van der Waals surface area (Å²) in [6.45, 7) is 0. The minimum atomic E-state index is 0.898. The van der Waals surface area contributed by atoms with E-state index in [2.05, 4.69) is 185 Å². The molecular formula is C50H30N2O. The summed E-state index contributed by atoms with van der Waals surface area (Å²) in [5.74, 6) is 0. The second-order valence-corrected chi connectivity index (χ2v) is 14.1. The summed E-state index contributed by atoms with van der Waals surface area (Å²) >= 11 is 0. The van der Waals surface area contributed by atoms with Crippen LogP contribution in [0.25, 0.3) is 110 Å². The predicted octanol–water partition coefficient (Wildman–Crippen LogP) is 13.8. The van der Waals surface area contributed by atoms with Crippen LogP contribution in [0.5, 0.6) is 0 Å². The molecule has 53 heavy (non-hydrogen) atoms. The van der Waals surface area contributed by atoms with Gasteiger partial charge in [-0.3, -0.25) is 0 Å². The lowest BCUT2D eigenvalue weighted by Crippen LogP contribution is -1.96. The number of hydrogen-bond acceptors (Lipinski definition) is 1. The van der Waals surface area contributed by atoms with E-state index in [1.54, 1.807) is 0 Å². The largest absolute Gasteiger partial charge is 0.456 e. The van der Waals surface area contributed by atoms with Gasteiger partial charge in [-0.15, -0.1) is 0 Å². The maximum atomic E-state index is 6.32. The van der Waals surface area contributed by atoms with Crippen LogP contribution in [0.2, 0.25) is 0 Å². The van der Waals surface area contributed by atoms with Crippen LogP contribution in [0.1, 0.15) is 0 Å². The lowest BCUT2D eigenvalue weighted by Gasteiger charge is -2.13.